The van der Waals surface area contributed by atoms with Crippen LogP contribution in [-0.2, 0) is 0 Å². The number of tetrazole rings is 1. The Balaban J connectivity index is 2.44. The zero-order chi connectivity index (χ0) is 14.7. The van der Waals surface area contributed by atoms with E-state index in [1.165, 1.54) is 0 Å². The van der Waals surface area contributed by atoms with Crippen LogP contribution in [-0.4, -0.2) is 27.3 Å². The lowest BCUT2D eigenvalue weighted by molar-refractivity contribution is 0.333. The van der Waals surface area contributed by atoms with Gasteiger partial charge in [-0.2, -0.15) is 0 Å². The van der Waals surface area contributed by atoms with Crippen LogP contribution in [0, 0.1) is 5.92 Å². The van der Waals surface area contributed by atoms with E-state index in [0.717, 1.165) is 17.8 Å². The first kappa shape index (κ1) is 14.3. The minimum Gasteiger partial charge on any atom is -0.495 e. The third-order valence-corrected chi connectivity index (χ3v) is 3.48. The zero-order valence-electron chi connectivity index (χ0n) is 12.4. The highest BCUT2D eigenvalue weighted by Crippen LogP contribution is 2.30. The molecule has 0 radical (unpaired) electrons. The number of nitrogen functional groups attached to an aromatic ring is 1. The fourth-order valence-corrected chi connectivity index (χ4v) is 2.41. The van der Waals surface area contributed by atoms with Crippen LogP contribution in [0.3, 0.4) is 0 Å². The quantitative estimate of drug-likeness (QED) is 0.848. The zero-order valence-corrected chi connectivity index (χ0v) is 12.4. The monoisotopic (exact) mass is 275 g/mol. The van der Waals surface area contributed by atoms with Gasteiger partial charge in [-0.3, -0.25) is 0 Å². The molecule has 0 saturated heterocycles. The Labute approximate surface area is 118 Å². The van der Waals surface area contributed by atoms with Crippen LogP contribution in [0.1, 0.15) is 33.2 Å². The van der Waals surface area contributed by atoms with Crippen LogP contribution in [0.5, 0.6) is 5.75 Å². The molecular formula is C14H21N5O. The fourth-order valence-electron chi connectivity index (χ4n) is 2.41. The van der Waals surface area contributed by atoms with Gasteiger partial charge in [0, 0.05) is 5.56 Å². The molecule has 0 aliphatic carbocycles. The average molecular weight is 275 g/mol. The molecule has 2 aromatic rings. The van der Waals surface area contributed by atoms with Crippen molar-refractivity contribution < 1.29 is 4.74 Å². The Morgan fingerprint density at radius 3 is 2.65 bits per heavy atom. The minimum absolute atomic E-state index is 0.267. The molecule has 2 N–H and O–H groups in total. The lowest BCUT2D eigenvalue weighted by atomic mass is 10.0. The van der Waals surface area contributed by atoms with E-state index in [4.69, 9.17) is 10.5 Å². The average Bonchev–Trinajstić information content (AvgIpc) is 2.88. The van der Waals surface area contributed by atoms with E-state index < -0.39 is 0 Å². The predicted octanol–water partition coefficient (Wildman–Crippen LogP) is 2.54. The van der Waals surface area contributed by atoms with Gasteiger partial charge in [-0.15, -0.1) is 5.10 Å². The van der Waals surface area contributed by atoms with Crippen molar-refractivity contribution in [1.29, 1.82) is 0 Å². The number of ether oxygens (including phenoxy) is 1. The topological polar surface area (TPSA) is 78.8 Å². The van der Waals surface area contributed by atoms with Crippen molar-refractivity contribution in [2.45, 2.75) is 33.2 Å². The van der Waals surface area contributed by atoms with Crippen LogP contribution in [0.4, 0.5) is 5.69 Å². The summed E-state index contributed by atoms with van der Waals surface area (Å²) < 4.78 is 7.05. The first-order valence-electron chi connectivity index (χ1n) is 6.80. The lowest BCUT2D eigenvalue weighted by Crippen LogP contribution is -2.17. The molecule has 0 aliphatic heterocycles. The Hall–Kier alpha value is -2.11. The van der Waals surface area contributed by atoms with Crippen LogP contribution in [0.2, 0.25) is 0 Å². The van der Waals surface area contributed by atoms with E-state index in [2.05, 4.69) is 36.3 Å². The second-order valence-corrected chi connectivity index (χ2v) is 5.12. The summed E-state index contributed by atoms with van der Waals surface area (Å²) >= 11 is 0. The molecule has 20 heavy (non-hydrogen) atoms. The van der Waals surface area contributed by atoms with Crippen LogP contribution < -0.4 is 10.5 Å². The van der Waals surface area contributed by atoms with Gasteiger partial charge in [0.1, 0.15) is 5.75 Å². The van der Waals surface area contributed by atoms with Gasteiger partial charge in [-0.1, -0.05) is 20.8 Å². The van der Waals surface area contributed by atoms with Crippen molar-refractivity contribution in [3.8, 4) is 17.1 Å². The summed E-state index contributed by atoms with van der Waals surface area (Å²) in [6.07, 6.45) is 0.974. The largest absolute Gasteiger partial charge is 0.495 e. The van der Waals surface area contributed by atoms with Gasteiger partial charge >= 0.3 is 0 Å². The number of nitrogens with zero attached hydrogens (tertiary/aromatic N) is 4. The molecule has 0 saturated carbocycles. The van der Waals surface area contributed by atoms with E-state index in [0.29, 0.717) is 17.4 Å². The Bertz CT molecular complexity index is 579. The van der Waals surface area contributed by atoms with Gasteiger partial charge < -0.3 is 10.5 Å². The van der Waals surface area contributed by atoms with E-state index in [9.17, 15) is 0 Å². The summed E-state index contributed by atoms with van der Waals surface area (Å²) in [4.78, 5) is 0. The third-order valence-electron chi connectivity index (χ3n) is 3.48. The molecule has 6 heteroatoms. The molecule has 108 valence electrons. The lowest BCUT2D eigenvalue weighted by Gasteiger charge is -2.20. The smallest absolute Gasteiger partial charge is 0.182 e. The molecule has 1 atom stereocenters. The number of aromatic nitrogens is 4. The predicted molar refractivity (Wildman–Crippen MR) is 78.4 cm³/mol. The molecule has 1 aromatic carbocycles. The number of anilines is 1. The Morgan fingerprint density at radius 1 is 1.35 bits per heavy atom. The number of benzene rings is 1. The van der Waals surface area contributed by atoms with Gasteiger partial charge in [0.05, 0.1) is 18.8 Å². The normalized spacial score (nSPS) is 12.7. The molecule has 0 amide bonds. The second kappa shape index (κ2) is 5.90. The van der Waals surface area contributed by atoms with Gasteiger partial charge in [0.15, 0.2) is 5.82 Å². The number of rotatable bonds is 5. The summed E-state index contributed by atoms with van der Waals surface area (Å²) in [6, 6.07) is 5.86. The Morgan fingerprint density at radius 2 is 2.10 bits per heavy atom. The fraction of sp³-hybridized carbons (Fsp3) is 0.500. The molecule has 0 spiro atoms. The first-order chi connectivity index (χ1) is 9.58. The second-order valence-electron chi connectivity index (χ2n) is 5.12. The van der Waals surface area contributed by atoms with E-state index in [1.54, 1.807) is 7.11 Å². The third kappa shape index (κ3) is 2.59. The van der Waals surface area contributed by atoms with Crippen molar-refractivity contribution >= 4 is 5.69 Å². The standard InChI is InChI=1S/C14H21N5O/c1-5-12(9(2)3)19-14(16-17-18-19)10-6-7-13(20-4)11(15)8-10/h6-9,12H,5,15H2,1-4H3. The van der Waals surface area contributed by atoms with Crippen molar-refractivity contribution in [2.24, 2.45) is 5.92 Å². The highest BCUT2D eigenvalue weighted by atomic mass is 16.5. The highest BCUT2D eigenvalue weighted by Gasteiger charge is 2.20. The van der Waals surface area contributed by atoms with Crippen LogP contribution in [0.15, 0.2) is 18.2 Å². The van der Waals surface area contributed by atoms with Crippen molar-refractivity contribution in [3.05, 3.63) is 18.2 Å². The molecule has 1 aromatic heterocycles. The first-order valence-corrected chi connectivity index (χ1v) is 6.80. The summed E-state index contributed by atoms with van der Waals surface area (Å²) in [5.74, 6) is 1.85. The summed E-state index contributed by atoms with van der Waals surface area (Å²) in [5, 5.41) is 12.1. The van der Waals surface area contributed by atoms with Crippen LogP contribution >= 0.6 is 0 Å². The number of methoxy groups -OCH3 is 1. The SMILES string of the molecule is CCC(C(C)C)n1nnnc1-c1ccc(OC)c(N)c1. The minimum atomic E-state index is 0.267. The van der Waals surface area contributed by atoms with E-state index in [-0.39, 0.29) is 6.04 Å². The molecular weight excluding hydrogens is 254 g/mol. The van der Waals surface area contributed by atoms with Crippen LogP contribution in [0.25, 0.3) is 11.4 Å². The van der Waals surface area contributed by atoms with Gasteiger partial charge in [-0.05, 0) is 41.0 Å². The molecule has 0 aliphatic rings. The number of nitrogens with two attached hydrogens (primary N) is 1. The maximum Gasteiger partial charge on any atom is 0.182 e. The van der Waals surface area contributed by atoms with E-state index >= 15 is 0 Å². The molecule has 1 unspecified atom stereocenters. The molecule has 2 rings (SSSR count). The van der Waals surface area contributed by atoms with Gasteiger partial charge in [-0.25, -0.2) is 4.68 Å². The molecule has 0 fully saturated rings. The van der Waals surface area contributed by atoms with Gasteiger partial charge in [0.25, 0.3) is 0 Å². The summed E-state index contributed by atoms with van der Waals surface area (Å²) in [5.41, 5.74) is 7.43. The maximum absolute atomic E-state index is 5.95. The van der Waals surface area contributed by atoms with Crippen molar-refractivity contribution in [3.63, 3.8) is 0 Å². The molecule has 6 nitrogen and oxygen atoms in total. The highest BCUT2D eigenvalue weighted by molar-refractivity contribution is 5.66. The summed E-state index contributed by atoms with van der Waals surface area (Å²) in [7, 11) is 1.60. The Kier molecular flexibility index (Phi) is 4.22. The van der Waals surface area contributed by atoms with E-state index in [1.807, 2.05) is 22.9 Å². The number of hydrogen-bond acceptors (Lipinski definition) is 5. The van der Waals surface area contributed by atoms with Crippen molar-refractivity contribution in [1.82, 2.24) is 20.2 Å². The number of hydrogen-bond donors (Lipinski definition) is 1. The summed E-state index contributed by atoms with van der Waals surface area (Å²) in [6.45, 7) is 6.47. The molecule has 0 bridgehead atoms. The molecule has 1 heterocycles. The van der Waals surface area contributed by atoms with Gasteiger partial charge in [0.2, 0.25) is 0 Å². The maximum atomic E-state index is 5.95. The van der Waals surface area contributed by atoms with Crippen molar-refractivity contribution in [2.75, 3.05) is 12.8 Å².